The van der Waals surface area contributed by atoms with Crippen LogP contribution in [0.2, 0.25) is 0 Å². The van der Waals surface area contributed by atoms with Crippen LogP contribution in [0.4, 0.5) is 5.82 Å². The second kappa shape index (κ2) is 15.6. The number of carbonyl (C=O) groups is 1. The zero-order valence-electron chi connectivity index (χ0n) is 24.3. The Hall–Kier alpha value is -2.15. The lowest BCUT2D eigenvalue weighted by atomic mass is 10.0. The van der Waals surface area contributed by atoms with Gasteiger partial charge in [-0.25, -0.2) is 0 Å². The number of thiocarbonyl (C=S) groups is 1. The Kier molecular flexibility index (Phi) is 12.5. The molecule has 0 aromatic carbocycles. The third-order valence-electron chi connectivity index (χ3n) is 7.97. The van der Waals surface area contributed by atoms with Crippen molar-refractivity contribution in [1.82, 2.24) is 14.4 Å². The molecule has 1 aromatic heterocycles. The molecule has 3 rings (SSSR count). The number of unbranched alkanes of at least 4 members (excludes halogenated alkanes) is 9. The van der Waals surface area contributed by atoms with Gasteiger partial charge in [0.2, 0.25) is 0 Å². The quantitative estimate of drug-likeness (QED) is 0.158. The fourth-order valence-corrected chi connectivity index (χ4v) is 6.74. The highest BCUT2D eigenvalue weighted by molar-refractivity contribution is 8.26. The number of hydrogen-bond acceptors (Lipinski definition) is 7. The van der Waals surface area contributed by atoms with E-state index in [-0.39, 0.29) is 17.0 Å². The Bertz CT molecular complexity index is 1150. The highest BCUT2D eigenvalue weighted by atomic mass is 32.2. The van der Waals surface area contributed by atoms with Crippen LogP contribution in [0.5, 0.6) is 0 Å². The van der Waals surface area contributed by atoms with Crippen molar-refractivity contribution >= 4 is 46.1 Å². The molecule has 1 aromatic rings. The van der Waals surface area contributed by atoms with Gasteiger partial charge in [0.1, 0.15) is 21.8 Å². The molecule has 0 unspecified atom stereocenters. The van der Waals surface area contributed by atoms with Crippen molar-refractivity contribution in [1.29, 1.82) is 5.26 Å². The van der Waals surface area contributed by atoms with Crippen LogP contribution in [-0.4, -0.2) is 63.9 Å². The number of amides is 1. The molecule has 39 heavy (non-hydrogen) atoms. The molecule has 0 saturated carbocycles. The topological polar surface area (TPSA) is 72.6 Å². The summed E-state index contributed by atoms with van der Waals surface area (Å²) >= 11 is 6.92. The Morgan fingerprint density at radius 3 is 2.10 bits per heavy atom. The number of nitriles is 1. The molecule has 9 heteroatoms. The Morgan fingerprint density at radius 1 is 0.949 bits per heavy atom. The third-order valence-corrected chi connectivity index (χ3v) is 9.35. The molecule has 2 fully saturated rings. The zero-order valence-corrected chi connectivity index (χ0v) is 25.9. The Balaban J connectivity index is 1.70. The minimum absolute atomic E-state index is 0.0746. The van der Waals surface area contributed by atoms with E-state index in [0.29, 0.717) is 21.3 Å². The third kappa shape index (κ3) is 7.96. The first-order valence-corrected chi connectivity index (χ1v) is 15.9. The average molecular weight is 572 g/mol. The van der Waals surface area contributed by atoms with Crippen molar-refractivity contribution in [3.8, 4) is 6.07 Å². The molecule has 7 nitrogen and oxygen atoms in total. The molecule has 0 spiro atoms. The molecule has 0 radical (unpaired) electrons. The first-order chi connectivity index (χ1) is 18.8. The molecule has 0 aliphatic carbocycles. The van der Waals surface area contributed by atoms with Gasteiger partial charge in [-0.1, -0.05) is 95.6 Å². The first kappa shape index (κ1) is 31.4. The number of rotatable bonds is 14. The Morgan fingerprint density at radius 2 is 1.54 bits per heavy atom. The summed E-state index contributed by atoms with van der Waals surface area (Å²) < 4.78 is 2.16. The summed E-state index contributed by atoms with van der Waals surface area (Å²) in [6.45, 7) is 11.2. The van der Waals surface area contributed by atoms with Crippen LogP contribution in [0, 0.1) is 18.3 Å². The predicted molar refractivity (Wildman–Crippen MR) is 167 cm³/mol. The van der Waals surface area contributed by atoms with Crippen molar-refractivity contribution < 1.29 is 4.79 Å². The van der Waals surface area contributed by atoms with E-state index in [9.17, 15) is 14.9 Å². The summed E-state index contributed by atoms with van der Waals surface area (Å²) in [5.74, 6) is 0.696. The molecule has 2 aliphatic rings. The van der Waals surface area contributed by atoms with Crippen molar-refractivity contribution in [2.24, 2.45) is 7.05 Å². The average Bonchev–Trinajstić information content (AvgIpc) is 3.20. The lowest BCUT2D eigenvalue weighted by Crippen LogP contribution is -2.48. The van der Waals surface area contributed by atoms with E-state index in [2.05, 4.69) is 29.7 Å². The van der Waals surface area contributed by atoms with E-state index in [4.69, 9.17) is 12.2 Å². The summed E-state index contributed by atoms with van der Waals surface area (Å²) in [5.41, 5.74) is 1.21. The van der Waals surface area contributed by atoms with Crippen LogP contribution in [-0.2, 0) is 11.8 Å². The number of anilines is 1. The van der Waals surface area contributed by atoms with Crippen molar-refractivity contribution in [2.45, 2.75) is 85.0 Å². The van der Waals surface area contributed by atoms with Crippen LogP contribution in [0.15, 0.2) is 9.70 Å². The maximum absolute atomic E-state index is 13.4. The van der Waals surface area contributed by atoms with E-state index in [1.54, 1.807) is 16.5 Å². The van der Waals surface area contributed by atoms with Crippen LogP contribution >= 0.6 is 24.0 Å². The van der Waals surface area contributed by atoms with Crippen LogP contribution in [0.25, 0.3) is 6.08 Å². The van der Waals surface area contributed by atoms with Crippen LogP contribution in [0.1, 0.15) is 94.7 Å². The zero-order chi connectivity index (χ0) is 28.4. The van der Waals surface area contributed by atoms with E-state index in [1.807, 2.05) is 13.0 Å². The van der Waals surface area contributed by atoms with Gasteiger partial charge in [-0.2, -0.15) is 5.26 Å². The second-order valence-electron chi connectivity index (χ2n) is 10.6. The fraction of sp³-hybridized carbons (Fsp3) is 0.667. The smallest absolute Gasteiger partial charge is 0.270 e. The molecular formula is C30H45N5O2S2. The maximum Gasteiger partial charge on any atom is 0.270 e. The van der Waals surface area contributed by atoms with Crippen molar-refractivity contribution in [3.63, 3.8) is 0 Å². The highest BCUT2D eigenvalue weighted by Gasteiger charge is 2.33. The molecule has 0 atom stereocenters. The fourth-order valence-electron chi connectivity index (χ4n) is 5.45. The normalized spacial score (nSPS) is 17.5. The number of pyridine rings is 1. The minimum Gasteiger partial charge on any atom is -0.355 e. The van der Waals surface area contributed by atoms with E-state index < -0.39 is 0 Å². The summed E-state index contributed by atoms with van der Waals surface area (Å²) in [4.78, 5) is 33.3. The van der Waals surface area contributed by atoms with Gasteiger partial charge in [-0.05, 0) is 31.5 Å². The number of thioether (sulfide) groups is 1. The molecular weight excluding hydrogens is 526 g/mol. The van der Waals surface area contributed by atoms with Gasteiger partial charge >= 0.3 is 0 Å². The summed E-state index contributed by atoms with van der Waals surface area (Å²) in [5, 5.41) is 9.73. The monoisotopic (exact) mass is 571 g/mol. The van der Waals surface area contributed by atoms with Gasteiger partial charge in [-0.15, -0.1) is 0 Å². The van der Waals surface area contributed by atoms with Gasteiger partial charge in [-0.3, -0.25) is 19.1 Å². The number of nitrogens with zero attached hydrogens (tertiary/aromatic N) is 5. The molecule has 214 valence electrons. The lowest BCUT2D eigenvalue weighted by molar-refractivity contribution is -0.122. The largest absolute Gasteiger partial charge is 0.355 e. The number of aromatic nitrogens is 1. The van der Waals surface area contributed by atoms with Gasteiger partial charge < -0.3 is 9.80 Å². The van der Waals surface area contributed by atoms with Gasteiger partial charge in [0.25, 0.3) is 11.5 Å². The molecule has 0 N–H and O–H groups in total. The van der Waals surface area contributed by atoms with Gasteiger partial charge in [0.05, 0.1) is 4.91 Å². The van der Waals surface area contributed by atoms with Crippen LogP contribution in [0.3, 0.4) is 0 Å². The summed E-state index contributed by atoms with van der Waals surface area (Å²) in [6, 6.07) is 2.09. The van der Waals surface area contributed by atoms with E-state index >= 15 is 0 Å². The molecule has 3 heterocycles. The predicted octanol–water partition coefficient (Wildman–Crippen LogP) is 5.83. The van der Waals surface area contributed by atoms with E-state index in [1.165, 1.54) is 63.1 Å². The standard InChI is InChI=1S/C30H45N5O2S2/c1-5-7-8-9-10-11-12-13-14-15-16-35-29(37)26(39-30(35)38)21-24-23(3)25(22-31)28(36)32(4)27(24)34-19-17-33(6-2)18-20-34/h21H,5-20H2,1-4H3/b26-21-. The number of likely N-dealkylation sites (N-methyl/N-ethyl adjacent to an activating group) is 1. The second-order valence-corrected chi connectivity index (χ2v) is 12.3. The minimum atomic E-state index is -0.298. The first-order valence-electron chi connectivity index (χ1n) is 14.7. The number of carbonyl (C=O) groups excluding carboxylic acids is 1. The van der Waals surface area contributed by atoms with Gasteiger partial charge in [0.15, 0.2) is 0 Å². The highest BCUT2D eigenvalue weighted by Crippen LogP contribution is 2.36. The molecule has 2 saturated heterocycles. The maximum atomic E-state index is 13.4. The lowest BCUT2D eigenvalue weighted by Gasteiger charge is -2.37. The SMILES string of the molecule is CCCCCCCCCCCCN1C(=O)/C(=C/c2c(C)c(C#N)c(=O)n(C)c2N2CCN(CC)CC2)SC1=S. The Labute approximate surface area is 244 Å². The van der Waals surface area contributed by atoms with Crippen molar-refractivity contribution in [2.75, 3.05) is 44.2 Å². The number of hydrogen-bond donors (Lipinski definition) is 0. The summed E-state index contributed by atoms with van der Waals surface area (Å²) in [6.07, 6.45) is 14.3. The number of piperazine rings is 1. The van der Waals surface area contributed by atoms with E-state index in [0.717, 1.165) is 56.9 Å². The molecule has 0 bridgehead atoms. The van der Waals surface area contributed by atoms with Gasteiger partial charge in [0, 0.05) is 45.3 Å². The molecule has 2 aliphatic heterocycles. The summed E-state index contributed by atoms with van der Waals surface area (Å²) in [7, 11) is 1.72. The van der Waals surface area contributed by atoms with Crippen molar-refractivity contribution in [3.05, 3.63) is 31.9 Å². The van der Waals surface area contributed by atoms with Crippen LogP contribution < -0.4 is 10.5 Å². The molecule has 1 amide bonds.